The number of aliphatic hydroxyl groups excluding tert-OH is 4. The fraction of sp³-hybridized carbons (Fsp3) is 0.385. The Kier molecular flexibility index (Phi) is 25.2. The minimum Gasteiger partial charge on any atom is -0.483 e. The molecule has 9 aliphatic heterocycles. The predicted molar refractivity (Wildman–Crippen MR) is 528 cm³/mol. The van der Waals surface area contributed by atoms with Gasteiger partial charge in [-0.3, -0.25) is 34.3 Å². The minimum atomic E-state index is -0.660. The Bertz CT molecular complexity index is 7090. The number of pyridine rings is 4. The van der Waals surface area contributed by atoms with Gasteiger partial charge >= 0.3 is 0 Å². The predicted octanol–water partition coefficient (Wildman–Crippen LogP) is 20.4. The molecule has 3 fully saturated rings. The normalized spacial score (nSPS) is 20.5. The fourth-order valence-electron chi connectivity index (χ4n) is 21.6. The summed E-state index contributed by atoms with van der Waals surface area (Å²) in [7, 11) is 2.06. The van der Waals surface area contributed by atoms with Crippen LogP contribution in [0.3, 0.4) is 0 Å². The molecule has 3 saturated heterocycles. The molecule has 31 heteroatoms. The Balaban J connectivity index is 0.000000105. The van der Waals surface area contributed by atoms with Crippen LogP contribution in [0.4, 0.5) is 0 Å². The largest absolute Gasteiger partial charge is 0.483 e. The lowest BCUT2D eigenvalue weighted by Crippen LogP contribution is -2.50. The summed E-state index contributed by atoms with van der Waals surface area (Å²) < 4.78 is 43.0. The van der Waals surface area contributed by atoms with Gasteiger partial charge in [0.1, 0.15) is 29.1 Å². The standard InChI is InChI=1S/C27H27ClN4O2S.C27H30ClN3O3S.C25H24ClN3O3S.C25H22ClN3O3/c1-31-25(21-12-17(32-7-2-8-32)3-4-22(21)30-31)24-10-15-9-16(28)11-20(26(15)34-24)19-5-6-29-23-13-18(14-33)35-27(19)23;28-18-12-17-13-24(27(33)31-10-5-19(6-11-31)30-8-2-1-3-9-30)34-25(17)22(14-18)21-4-7-29-23-15-20(16-32)35-26(21)23;1-3-20(30)21-10-19-23(33-21)15(4-7-28-19)16-9-14(26)8-13-11-25(2,31-22(13)16)24-17-12-27-6-5-18(17)29-32-24;1-13(30)14-2-3-18-17(4-7-28-22(18)9-14)19-11-16(26)8-15-10-23(31-24(15)19)25-20-12-27-6-5-21(20)29-32-25/h5-6,9,11,13,17,24,33H,2-4,7-8,10,12,14H2,1H3;4,7,12,14-15,19,24,32H,1-3,5-6,8-11,13,16H2;4,7-10,20,27,30H,3,5-6,11-12H2,1-2H3;2-4,7-9,11,13,23,27,30H,5-6,10,12H2,1H3. The SMILES string of the molecule is CC(O)c1ccc2c(-c3cc(Cl)cc4c3OC(c3onc5c3CNCC5)C4)ccnc2c1.CCC(O)c1cc2nccc(-c3cc(Cl)cc4c3OC(C)(c3onc5c3CNCC5)C4)c2s1.Cn1nc2c(c1C1Cc3cc(Cl)cc(-c4ccnc5cc(CO)sc45)c3O1)CC(N1CCC1)CC2.O=C(C1Cc2cc(Cl)cc(-c3ccnc4cc(CO)sc34)c2O1)N1CCC(N2CCCCC2)CC1. The first kappa shape index (κ1) is 90.1. The monoisotopic (exact) mass is 1950 g/mol. The van der Waals surface area contributed by atoms with Gasteiger partial charge in [0, 0.05) is 240 Å². The second-order valence-corrected chi connectivity index (χ2v) is 42.3. The Morgan fingerprint density at radius 3 is 1.67 bits per heavy atom. The number of hydrogen-bond acceptors (Lipinski definition) is 25. The molecule has 24 nitrogen and oxygen atoms in total. The van der Waals surface area contributed by atoms with Crippen LogP contribution >= 0.6 is 80.4 Å². The molecule has 0 saturated carbocycles. The van der Waals surface area contributed by atoms with Gasteiger partial charge in [0.05, 0.1) is 84.4 Å². The lowest BCUT2D eigenvalue weighted by molar-refractivity contribution is -0.139. The molecular weight excluding hydrogens is 1850 g/mol. The maximum Gasteiger partial charge on any atom is 0.263 e. The second kappa shape index (κ2) is 37.7. The smallest absolute Gasteiger partial charge is 0.263 e. The summed E-state index contributed by atoms with van der Waals surface area (Å²) in [6, 6.07) is 36.6. The summed E-state index contributed by atoms with van der Waals surface area (Å²) >= 11 is 30.9. The van der Waals surface area contributed by atoms with Crippen LogP contribution in [0.5, 0.6) is 23.0 Å². The highest BCUT2D eigenvalue weighted by Crippen LogP contribution is 2.55. The number of fused-ring (bicyclic) bond motifs is 11. The summed E-state index contributed by atoms with van der Waals surface area (Å²) in [6.07, 6.45) is 21.0. The van der Waals surface area contributed by atoms with Crippen LogP contribution in [0.1, 0.15) is 190 Å². The van der Waals surface area contributed by atoms with E-state index in [4.69, 9.17) is 79.5 Å². The zero-order valence-electron chi connectivity index (χ0n) is 75.3. The maximum atomic E-state index is 13.5. The van der Waals surface area contributed by atoms with Gasteiger partial charge in [-0.05, 0) is 206 Å². The van der Waals surface area contributed by atoms with Gasteiger partial charge in [-0.2, -0.15) is 5.10 Å². The number of carbonyl (C=O) groups excluding carboxylic acids is 1. The van der Waals surface area contributed by atoms with Crippen molar-refractivity contribution in [2.45, 2.75) is 198 Å². The van der Waals surface area contributed by atoms with Gasteiger partial charge < -0.3 is 68.9 Å². The molecule has 0 radical (unpaired) electrons. The number of benzene rings is 5. The lowest BCUT2D eigenvalue weighted by Gasteiger charge is -2.40. The molecule has 1 aliphatic carbocycles. The third-order valence-electron chi connectivity index (χ3n) is 28.5. The molecule has 10 aromatic heterocycles. The van der Waals surface area contributed by atoms with Crippen LogP contribution in [-0.2, 0) is 95.1 Å². The zero-order valence-corrected chi connectivity index (χ0v) is 80.8. The van der Waals surface area contributed by atoms with E-state index in [1.807, 2.05) is 127 Å². The number of halogens is 4. The molecule has 5 aromatic carbocycles. The van der Waals surface area contributed by atoms with Crippen LogP contribution in [0, 0.1) is 0 Å². The molecule has 15 aromatic rings. The van der Waals surface area contributed by atoms with Crippen molar-refractivity contribution in [3.05, 3.63) is 248 Å². The van der Waals surface area contributed by atoms with E-state index < -0.39 is 23.9 Å². The number of aliphatic hydroxyl groups is 4. The number of likely N-dealkylation sites (tertiary alicyclic amines) is 3. The van der Waals surface area contributed by atoms with Gasteiger partial charge in [0.25, 0.3) is 5.91 Å². The number of aryl methyl sites for hydroxylation is 2. The second-order valence-electron chi connectivity index (χ2n) is 37.2. The van der Waals surface area contributed by atoms with Crippen molar-refractivity contribution in [2.75, 3.05) is 52.4 Å². The van der Waals surface area contributed by atoms with Crippen LogP contribution in [0.15, 0.2) is 143 Å². The van der Waals surface area contributed by atoms with Crippen molar-refractivity contribution in [3.8, 4) is 67.5 Å². The molecule has 135 heavy (non-hydrogen) atoms. The van der Waals surface area contributed by atoms with E-state index in [-0.39, 0.29) is 31.3 Å². The third kappa shape index (κ3) is 17.4. The molecule has 6 N–H and O–H groups in total. The van der Waals surface area contributed by atoms with Crippen molar-refractivity contribution in [1.29, 1.82) is 0 Å². The first-order chi connectivity index (χ1) is 65.7. The number of amides is 1. The summed E-state index contributed by atoms with van der Waals surface area (Å²) in [6.45, 7) is 15.5. The molecule has 7 unspecified atom stereocenters. The van der Waals surface area contributed by atoms with Crippen molar-refractivity contribution in [3.63, 3.8) is 0 Å². The molecule has 1 amide bonds. The van der Waals surface area contributed by atoms with Crippen LogP contribution in [-0.4, -0.2) is 152 Å². The lowest BCUT2D eigenvalue weighted by atomic mass is 9.87. The highest BCUT2D eigenvalue weighted by Gasteiger charge is 2.46. The summed E-state index contributed by atoms with van der Waals surface area (Å²) in [4.78, 5) is 41.4. The number of ether oxygens (including phenoxy) is 4. The van der Waals surface area contributed by atoms with Gasteiger partial charge in [-0.15, -0.1) is 34.0 Å². The van der Waals surface area contributed by atoms with Gasteiger partial charge in [0.15, 0.2) is 29.3 Å². The first-order valence-corrected chi connectivity index (χ1v) is 51.0. The summed E-state index contributed by atoms with van der Waals surface area (Å²) in [5, 5.41) is 63.5. The third-order valence-corrected chi connectivity index (χ3v) is 32.9. The molecular formula is C104H103Cl4N13O11S3. The summed E-state index contributed by atoms with van der Waals surface area (Å²) in [5.74, 6) is 4.94. The van der Waals surface area contributed by atoms with E-state index in [0.29, 0.717) is 57.9 Å². The van der Waals surface area contributed by atoms with Gasteiger partial charge in [-0.25, -0.2) is 0 Å². The van der Waals surface area contributed by atoms with Crippen molar-refractivity contribution >= 4 is 128 Å². The Morgan fingerprint density at radius 1 is 0.526 bits per heavy atom. The number of nitrogens with zero attached hydrogens (tertiary/aromatic N) is 11. The highest BCUT2D eigenvalue weighted by molar-refractivity contribution is 7.20. The van der Waals surface area contributed by atoms with Gasteiger partial charge in [-0.1, -0.05) is 82.2 Å². The van der Waals surface area contributed by atoms with E-state index in [1.165, 1.54) is 86.6 Å². The number of nitrogens with one attached hydrogen (secondary N) is 2. The van der Waals surface area contributed by atoms with Crippen molar-refractivity contribution in [1.82, 2.24) is 65.4 Å². The van der Waals surface area contributed by atoms with Crippen LogP contribution < -0.4 is 29.6 Å². The van der Waals surface area contributed by atoms with Crippen LogP contribution in [0.25, 0.3) is 86.1 Å². The van der Waals surface area contributed by atoms with E-state index in [0.717, 1.165) is 270 Å². The zero-order chi connectivity index (χ0) is 92.2. The van der Waals surface area contributed by atoms with Gasteiger partial charge in [0.2, 0.25) is 0 Å². The maximum absolute atomic E-state index is 13.5. The van der Waals surface area contributed by atoms with Crippen molar-refractivity contribution < 1.29 is 53.2 Å². The summed E-state index contributed by atoms with van der Waals surface area (Å²) in [5.41, 5.74) is 23.6. The molecule has 10 aliphatic rings. The van der Waals surface area contributed by atoms with E-state index >= 15 is 0 Å². The molecule has 7 atom stereocenters. The highest BCUT2D eigenvalue weighted by atomic mass is 35.5. The van der Waals surface area contributed by atoms with E-state index in [9.17, 15) is 25.2 Å². The number of aromatic nitrogens is 8. The number of piperidine rings is 2. The number of thiophene rings is 3. The molecule has 0 bridgehead atoms. The fourth-order valence-corrected chi connectivity index (χ4v) is 25.8. The quantitative estimate of drug-likeness (QED) is 0.0556. The number of carbonyl (C=O) groups is 1. The minimum absolute atomic E-state index is 0.0106. The number of rotatable bonds is 15. The molecule has 19 heterocycles. The molecule has 696 valence electrons. The van der Waals surface area contributed by atoms with E-state index in [2.05, 4.69) is 69.3 Å². The van der Waals surface area contributed by atoms with Crippen LogP contribution in [0.2, 0.25) is 20.1 Å². The Labute approximate surface area is 812 Å². The Hall–Kier alpha value is -10.0. The van der Waals surface area contributed by atoms with Crippen molar-refractivity contribution in [2.24, 2.45) is 7.05 Å². The average molecular weight is 1950 g/mol. The Morgan fingerprint density at radius 2 is 1.06 bits per heavy atom. The van der Waals surface area contributed by atoms with E-state index in [1.54, 1.807) is 48.2 Å². The topological polar surface area (TPSA) is 290 Å². The number of hydrogen-bond donors (Lipinski definition) is 6. The molecule has 25 rings (SSSR count). The molecule has 0 spiro atoms. The average Bonchev–Trinajstić information content (AvgIpc) is 1.58. The first-order valence-electron chi connectivity index (χ1n) is 47.0.